The van der Waals surface area contributed by atoms with Gasteiger partial charge in [0.25, 0.3) is 0 Å². The number of benzene rings is 1. The summed E-state index contributed by atoms with van der Waals surface area (Å²) in [4.78, 5) is 0. The van der Waals surface area contributed by atoms with Crippen LogP contribution in [0.15, 0.2) is 24.3 Å². The van der Waals surface area contributed by atoms with Gasteiger partial charge in [0.1, 0.15) is 11.5 Å². The largest absolute Gasteiger partial charge is 0.497 e. The van der Waals surface area contributed by atoms with Crippen LogP contribution in [0.4, 0.5) is 0 Å². The Morgan fingerprint density at radius 1 is 1.54 bits per heavy atom. The molecule has 0 bridgehead atoms. The lowest BCUT2D eigenvalue weighted by atomic mass is 10.0. The molecule has 0 amide bonds. The van der Waals surface area contributed by atoms with Gasteiger partial charge >= 0.3 is 0 Å². The maximum absolute atomic E-state index is 9.74. The molecule has 1 atom stereocenters. The zero-order valence-corrected chi connectivity index (χ0v) is 7.95. The molecule has 0 aliphatic carbocycles. The van der Waals surface area contributed by atoms with Gasteiger partial charge in [-0.25, -0.2) is 0 Å². The van der Waals surface area contributed by atoms with Crippen molar-refractivity contribution in [2.75, 3.05) is 7.11 Å². The second-order valence-electron chi connectivity index (χ2n) is 3.01. The molecular weight excluding hydrogens is 166 g/mol. The molecule has 0 aliphatic heterocycles. The highest BCUT2D eigenvalue weighted by Crippen LogP contribution is 2.22. The minimum Gasteiger partial charge on any atom is -0.497 e. The molecule has 3 N–H and O–H groups in total. The normalized spacial score (nSPS) is 15.1. The first-order valence-electron chi connectivity index (χ1n) is 4.26. The van der Waals surface area contributed by atoms with Crippen molar-refractivity contribution in [3.63, 3.8) is 0 Å². The number of ether oxygens (including phenoxy) is 1. The van der Waals surface area contributed by atoms with Crippen molar-refractivity contribution >= 4 is 0 Å². The lowest BCUT2D eigenvalue weighted by Gasteiger charge is -2.21. The van der Waals surface area contributed by atoms with Crippen LogP contribution >= 0.6 is 0 Å². The summed E-state index contributed by atoms with van der Waals surface area (Å²) in [6, 6.07) is 7.15. The van der Waals surface area contributed by atoms with Crippen LogP contribution in [0.3, 0.4) is 0 Å². The fourth-order valence-corrected chi connectivity index (χ4v) is 1.10. The molecule has 72 valence electrons. The van der Waals surface area contributed by atoms with Crippen LogP contribution in [-0.2, 0) is 5.72 Å². The first kappa shape index (κ1) is 10.0. The lowest BCUT2D eigenvalue weighted by molar-refractivity contribution is 0.0392. The van der Waals surface area contributed by atoms with Gasteiger partial charge in [-0.3, -0.25) is 5.73 Å². The smallest absolute Gasteiger partial charge is 0.139 e. The van der Waals surface area contributed by atoms with Gasteiger partial charge in [0.2, 0.25) is 0 Å². The highest BCUT2D eigenvalue weighted by atomic mass is 16.5. The number of aliphatic hydroxyl groups is 1. The van der Waals surface area contributed by atoms with E-state index in [0.717, 1.165) is 0 Å². The number of hydrogen-bond acceptors (Lipinski definition) is 3. The topological polar surface area (TPSA) is 55.5 Å². The third kappa shape index (κ3) is 2.20. The van der Waals surface area contributed by atoms with Crippen molar-refractivity contribution in [2.24, 2.45) is 5.73 Å². The summed E-state index contributed by atoms with van der Waals surface area (Å²) in [5, 5.41) is 9.74. The molecule has 0 heterocycles. The van der Waals surface area contributed by atoms with Gasteiger partial charge in [0.05, 0.1) is 7.11 Å². The van der Waals surface area contributed by atoms with Gasteiger partial charge in [0, 0.05) is 5.56 Å². The second kappa shape index (κ2) is 3.77. The zero-order chi connectivity index (χ0) is 9.90. The molecular formula is C10H15NO2. The predicted octanol–water partition coefficient (Wildman–Crippen LogP) is 1.21. The number of nitrogens with two attached hydrogens (primary N) is 1. The summed E-state index contributed by atoms with van der Waals surface area (Å²) in [5.41, 5.74) is 5.08. The maximum atomic E-state index is 9.74. The Morgan fingerprint density at radius 2 is 2.23 bits per heavy atom. The quantitative estimate of drug-likeness (QED) is 0.689. The number of rotatable bonds is 3. The second-order valence-corrected chi connectivity index (χ2v) is 3.01. The van der Waals surface area contributed by atoms with Crippen LogP contribution < -0.4 is 10.5 Å². The Kier molecular flexibility index (Phi) is 2.90. The molecule has 0 aliphatic rings. The predicted molar refractivity (Wildman–Crippen MR) is 51.4 cm³/mol. The maximum Gasteiger partial charge on any atom is 0.139 e. The van der Waals surface area contributed by atoms with Crippen molar-refractivity contribution in [3.8, 4) is 5.75 Å². The van der Waals surface area contributed by atoms with Gasteiger partial charge in [-0.05, 0) is 18.6 Å². The van der Waals surface area contributed by atoms with E-state index in [-0.39, 0.29) is 0 Å². The Balaban J connectivity index is 3.01. The molecule has 1 rings (SSSR count). The van der Waals surface area contributed by atoms with Crippen LogP contribution in [-0.4, -0.2) is 12.2 Å². The van der Waals surface area contributed by atoms with E-state index >= 15 is 0 Å². The Labute approximate surface area is 78.1 Å². The molecule has 1 aromatic carbocycles. The van der Waals surface area contributed by atoms with Gasteiger partial charge in [-0.2, -0.15) is 0 Å². The molecule has 13 heavy (non-hydrogen) atoms. The molecule has 0 saturated heterocycles. The van der Waals surface area contributed by atoms with Gasteiger partial charge in [-0.1, -0.05) is 19.1 Å². The van der Waals surface area contributed by atoms with Crippen molar-refractivity contribution in [2.45, 2.75) is 19.1 Å². The summed E-state index contributed by atoms with van der Waals surface area (Å²) in [6.45, 7) is 1.83. The van der Waals surface area contributed by atoms with Crippen LogP contribution in [0.5, 0.6) is 5.75 Å². The molecule has 1 aromatic rings. The van der Waals surface area contributed by atoms with Crippen molar-refractivity contribution in [1.29, 1.82) is 0 Å². The van der Waals surface area contributed by atoms with Crippen molar-refractivity contribution < 1.29 is 9.84 Å². The van der Waals surface area contributed by atoms with Crippen LogP contribution in [0.2, 0.25) is 0 Å². The average Bonchev–Trinajstić information content (AvgIpc) is 2.18. The number of hydrogen-bond donors (Lipinski definition) is 2. The molecule has 0 aromatic heterocycles. The van der Waals surface area contributed by atoms with E-state index in [2.05, 4.69) is 0 Å². The van der Waals surface area contributed by atoms with Crippen LogP contribution in [0, 0.1) is 0 Å². The first-order chi connectivity index (χ1) is 6.10. The summed E-state index contributed by atoms with van der Waals surface area (Å²) in [7, 11) is 1.58. The first-order valence-corrected chi connectivity index (χ1v) is 4.26. The molecule has 3 nitrogen and oxygen atoms in total. The molecule has 0 fully saturated rings. The Bertz CT molecular complexity index is 284. The molecule has 3 heteroatoms. The van der Waals surface area contributed by atoms with Crippen LogP contribution in [0.25, 0.3) is 0 Å². The third-order valence-electron chi connectivity index (χ3n) is 2.11. The summed E-state index contributed by atoms with van der Waals surface area (Å²) < 4.78 is 5.03. The monoisotopic (exact) mass is 181 g/mol. The minimum atomic E-state index is -1.26. The summed E-state index contributed by atoms with van der Waals surface area (Å²) >= 11 is 0. The Hall–Kier alpha value is -1.06. The van der Waals surface area contributed by atoms with E-state index in [1.165, 1.54) is 0 Å². The minimum absolute atomic E-state index is 0.472. The lowest BCUT2D eigenvalue weighted by Crippen LogP contribution is -2.35. The zero-order valence-electron chi connectivity index (χ0n) is 7.95. The standard InChI is InChI=1S/C10H15NO2/c1-3-10(11,12)8-5-4-6-9(7-8)13-2/h4-7,12H,3,11H2,1-2H3. The van der Waals surface area contributed by atoms with E-state index < -0.39 is 5.72 Å². The van der Waals surface area contributed by atoms with E-state index in [9.17, 15) is 5.11 Å². The fraction of sp³-hybridized carbons (Fsp3) is 0.400. The van der Waals surface area contributed by atoms with E-state index in [0.29, 0.717) is 17.7 Å². The average molecular weight is 181 g/mol. The van der Waals surface area contributed by atoms with Crippen LogP contribution in [0.1, 0.15) is 18.9 Å². The van der Waals surface area contributed by atoms with Gasteiger partial charge < -0.3 is 9.84 Å². The molecule has 1 unspecified atom stereocenters. The number of methoxy groups -OCH3 is 1. The van der Waals surface area contributed by atoms with Gasteiger partial charge in [0.15, 0.2) is 0 Å². The van der Waals surface area contributed by atoms with E-state index in [4.69, 9.17) is 10.5 Å². The van der Waals surface area contributed by atoms with E-state index in [1.54, 1.807) is 19.2 Å². The van der Waals surface area contributed by atoms with E-state index in [1.807, 2.05) is 19.1 Å². The van der Waals surface area contributed by atoms with Crippen molar-refractivity contribution in [1.82, 2.24) is 0 Å². The third-order valence-corrected chi connectivity index (χ3v) is 2.11. The Morgan fingerprint density at radius 3 is 2.77 bits per heavy atom. The van der Waals surface area contributed by atoms with Crippen molar-refractivity contribution in [3.05, 3.63) is 29.8 Å². The molecule has 0 spiro atoms. The SMILES string of the molecule is CCC(N)(O)c1cccc(OC)c1. The molecule has 0 saturated carbocycles. The highest BCUT2D eigenvalue weighted by Gasteiger charge is 2.20. The fourth-order valence-electron chi connectivity index (χ4n) is 1.10. The summed E-state index contributed by atoms with van der Waals surface area (Å²) in [6.07, 6.45) is 0.472. The molecule has 0 radical (unpaired) electrons. The van der Waals surface area contributed by atoms with Gasteiger partial charge in [-0.15, -0.1) is 0 Å². The summed E-state index contributed by atoms with van der Waals surface area (Å²) in [5.74, 6) is 0.704. The highest BCUT2D eigenvalue weighted by molar-refractivity contribution is 5.31.